The molecule has 0 atom stereocenters. The summed E-state index contributed by atoms with van der Waals surface area (Å²) < 4.78 is 0. The van der Waals surface area contributed by atoms with Gasteiger partial charge in [-0.05, 0) is 36.6 Å². The van der Waals surface area contributed by atoms with E-state index in [2.05, 4.69) is 10.3 Å². The summed E-state index contributed by atoms with van der Waals surface area (Å²) in [5.41, 5.74) is 8.70. The molecule has 0 aromatic heterocycles. The van der Waals surface area contributed by atoms with Gasteiger partial charge in [0.1, 0.15) is 0 Å². The summed E-state index contributed by atoms with van der Waals surface area (Å²) in [7, 11) is 1.52. The van der Waals surface area contributed by atoms with E-state index in [-0.39, 0.29) is 11.9 Å². The van der Waals surface area contributed by atoms with Crippen LogP contribution in [0.5, 0.6) is 0 Å². The van der Waals surface area contributed by atoms with Crippen molar-refractivity contribution < 1.29 is 4.79 Å². The second-order valence-corrected chi connectivity index (χ2v) is 3.74. The zero-order chi connectivity index (χ0) is 12.8. The van der Waals surface area contributed by atoms with Gasteiger partial charge in [-0.25, -0.2) is 0 Å². The monoisotopic (exact) mass is 231 g/mol. The van der Waals surface area contributed by atoms with E-state index in [4.69, 9.17) is 5.73 Å². The molecule has 1 amide bonds. The fourth-order valence-electron chi connectivity index (χ4n) is 1.47. The molecule has 0 bridgehead atoms. The van der Waals surface area contributed by atoms with Gasteiger partial charge in [0.2, 0.25) is 0 Å². The first-order valence-electron chi connectivity index (χ1n) is 5.32. The minimum absolute atomic E-state index is 0.112. The summed E-state index contributed by atoms with van der Waals surface area (Å²) in [5.74, 6) is -0.170. The Bertz CT molecular complexity index is 455. The van der Waals surface area contributed by atoms with E-state index in [1.807, 2.05) is 32.0 Å². The minimum atomic E-state index is -0.282. The van der Waals surface area contributed by atoms with Crippen LogP contribution in [0.2, 0.25) is 0 Å². The second-order valence-electron chi connectivity index (χ2n) is 3.74. The molecular formula is C13H17N3O. The summed E-state index contributed by atoms with van der Waals surface area (Å²) in [5, 5.41) is 2.44. The van der Waals surface area contributed by atoms with Crippen molar-refractivity contribution in [3.05, 3.63) is 41.0 Å². The lowest BCUT2D eigenvalue weighted by Gasteiger charge is -2.04. The summed E-state index contributed by atoms with van der Waals surface area (Å²) in [6, 6.07) is 6.00. The standard InChI is InChI=1S/C13H17N3O/c1-9-5-4-6-10(2)11(9)7-8-12(17)16-13(14)15-3/h4-8H,1-3H3,(H3,14,15,16,17)/b8-7+. The number of nitrogens with zero attached hydrogens (tertiary/aromatic N) is 1. The lowest BCUT2D eigenvalue weighted by molar-refractivity contribution is -0.115. The van der Waals surface area contributed by atoms with Gasteiger partial charge >= 0.3 is 0 Å². The molecule has 0 spiro atoms. The average Bonchev–Trinajstić information content (AvgIpc) is 2.28. The molecule has 0 saturated heterocycles. The molecule has 0 fully saturated rings. The topological polar surface area (TPSA) is 67.5 Å². The van der Waals surface area contributed by atoms with Crippen molar-refractivity contribution in [2.24, 2.45) is 10.7 Å². The van der Waals surface area contributed by atoms with Gasteiger partial charge in [0.25, 0.3) is 5.91 Å². The summed E-state index contributed by atoms with van der Waals surface area (Å²) >= 11 is 0. The lowest BCUT2D eigenvalue weighted by atomic mass is 10.0. The molecule has 1 aromatic rings. The Labute approximate surface area is 101 Å². The minimum Gasteiger partial charge on any atom is -0.370 e. The quantitative estimate of drug-likeness (QED) is 0.458. The highest BCUT2D eigenvalue weighted by Crippen LogP contribution is 2.14. The van der Waals surface area contributed by atoms with Crippen LogP contribution in [0.1, 0.15) is 16.7 Å². The Morgan fingerprint density at radius 1 is 1.35 bits per heavy atom. The summed E-state index contributed by atoms with van der Waals surface area (Å²) in [6.45, 7) is 4.01. The van der Waals surface area contributed by atoms with Gasteiger partial charge < -0.3 is 5.73 Å². The van der Waals surface area contributed by atoms with E-state index < -0.39 is 0 Å². The number of hydrogen-bond donors (Lipinski definition) is 2. The van der Waals surface area contributed by atoms with Crippen molar-refractivity contribution in [3.63, 3.8) is 0 Å². The molecular weight excluding hydrogens is 214 g/mol. The second kappa shape index (κ2) is 5.84. The van der Waals surface area contributed by atoms with Crippen LogP contribution in [-0.4, -0.2) is 18.9 Å². The fraction of sp³-hybridized carbons (Fsp3) is 0.231. The number of carbonyl (C=O) groups is 1. The average molecular weight is 231 g/mol. The first kappa shape index (κ1) is 13.0. The number of nitrogens with two attached hydrogens (primary N) is 1. The first-order valence-corrected chi connectivity index (χ1v) is 5.32. The van der Waals surface area contributed by atoms with Crippen molar-refractivity contribution >= 4 is 17.9 Å². The van der Waals surface area contributed by atoms with Gasteiger partial charge in [0, 0.05) is 13.1 Å². The molecule has 3 N–H and O–H groups in total. The van der Waals surface area contributed by atoms with E-state index in [1.165, 1.54) is 13.1 Å². The zero-order valence-electron chi connectivity index (χ0n) is 10.3. The maximum atomic E-state index is 11.4. The molecule has 0 radical (unpaired) electrons. The van der Waals surface area contributed by atoms with Crippen LogP contribution in [0.15, 0.2) is 29.3 Å². The van der Waals surface area contributed by atoms with Crippen LogP contribution in [0.3, 0.4) is 0 Å². The molecule has 4 nitrogen and oxygen atoms in total. The normalized spacial score (nSPS) is 11.8. The van der Waals surface area contributed by atoms with Crippen LogP contribution < -0.4 is 11.1 Å². The Morgan fingerprint density at radius 2 is 1.94 bits per heavy atom. The Morgan fingerprint density at radius 3 is 2.47 bits per heavy atom. The van der Waals surface area contributed by atoms with Crippen LogP contribution >= 0.6 is 0 Å². The number of guanidine groups is 1. The molecule has 17 heavy (non-hydrogen) atoms. The molecule has 0 aliphatic carbocycles. The molecule has 0 saturated carbocycles. The maximum absolute atomic E-state index is 11.4. The number of hydrogen-bond acceptors (Lipinski definition) is 2. The number of nitrogens with one attached hydrogen (secondary N) is 1. The van der Waals surface area contributed by atoms with E-state index in [0.717, 1.165) is 16.7 Å². The van der Waals surface area contributed by atoms with E-state index in [9.17, 15) is 4.79 Å². The number of rotatable bonds is 2. The van der Waals surface area contributed by atoms with Gasteiger partial charge in [-0.15, -0.1) is 0 Å². The molecule has 0 aliphatic heterocycles. The van der Waals surface area contributed by atoms with Crippen LogP contribution in [0.25, 0.3) is 6.08 Å². The first-order chi connectivity index (χ1) is 8.04. The predicted octanol–water partition coefficient (Wildman–Crippen LogP) is 1.38. The smallest absolute Gasteiger partial charge is 0.250 e. The zero-order valence-corrected chi connectivity index (χ0v) is 10.3. The highest BCUT2D eigenvalue weighted by molar-refractivity contribution is 6.03. The molecule has 0 aliphatic rings. The van der Waals surface area contributed by atoms with E-state index >= 15 is 0 Å². The third-order valence-electron chi connectivity index (χ3n) is 2.44. The highest BCUT2D eigenvalue weighted by atomic mass is 16.1. The van der Waals surface area contributed by atoms with Gasteiger partial charge in [-0.3, -0.25) is 15.1 Å². The third-order valence-corrected chi connectivity index (χ3v) is 2.44. The molecule has 0 heterocycles. The van der Waals surface area contributed by atoms with Crippen molar-refractivity contribution in [1.82, 2.24) is 5.32 Å². The molecule has 0 unspecified atom stereocenters. The molecule has 1 aromatic carbocycles. The van der Waals surface area contributed by atoms with Crippen molar-refractivity contribution in [1.29, 1.82) is 0 Å². The Balaban J connectivity index is 2.81. The highest BCUT2D eigenvalue weighted by Gasteiger charge is 2.00. The van der Waals surface area contributed by atoms with E-state index in [1.54, 1.807) is 6.08 Å². The fourth-order valence-corrected chi connectivity index (χ4v) is 1.47. The van der Waals surface area contributed by atoms with Crippen molar-refractivity contribution in [2.45, 2.75) is 13.8 Å². The van der Waals surface area contributed by atoms with Crippen molar-refractivity contribution in [2.75, 3.05) is 7.05 Å². The van der Waals surface area contributed by atoms with Gasteiger partial charge in [0.15, 0.2) is 5.96 Å². The molecule has 1 rings (SSSR count). The summed E-state index contributed by atoms with van der Waals surface area (Å²) in [4.78, 5) is 15.1. The van der Waals surface area contributed by atoms with Crippen LogP contribution in [-0.2, 0) is 4.79 Å². The van der Waals surface area contributed by atoms with E-state index in [0.29, 0.717) is 0 Å². The van der Waals surface area contributed by atoms with Gasteiger partial charge in [-0.1, -0.05) is 18.2 Å². The number of aryl methyl sites for hydroxylation is 2. The van der Waals surface area contributed by atoms with Crippen molar-refractivity contribution in [3.8, 4) is 0 Å². The SMILES string of the molecule is CN=C(N)NC(=O)/C=C/c1c(C)cccc1C. The number of aliphatic imine (C=N–C) groups is 1. The predicted molar refractivity (Wildman–Crippen MR) is 70.6 cm³/mol. The molecule has 90 valence electrons. The lowest BCUT2D eigenvalue weighted by Crippen LogP contribution is -2.35. The van der Waals surface area contributed by atoms with Crippen LogP contribution in [0, 0.1) is 13.8 Å². The summed E-state index contributed by atoms with van der Waals surface area (Å²) in [6.07, 6.45) is 3.23. The number of benzene rings is 1. The third kappa shape index (κ3) is 3.75. The Kier molecular flexibility index (Phi) is 4.46. The van der Waals surface area contributed by atoms with Crippen LogP contribution in [0.4, 0.5) is 0 Å². The maximum Gasteiger partial charge on any atom is 0.250 e. The number of amides is 1. The van der Waals surface area contributed by atoms with Gasteiger partial charge in [-0.2, -0.15) is 0 Å². The number of carbonyl (C=O) groups excluding carboxylic acids is 1. The largest absolute Gasteiger partial charge is 0.370 e. The molecule has 4 heteroatoms. The Hall–Kier alpha value is -2.10. The van der Waals surface area contributed by atoms with Gasteiger partial charge in [0.05, 0.1) is 0 Å².